The third-order valence-electron chi connectivity index (χ3n) is 5.45. The second-order valence-electron chi connectivity index (χ2n) is 6.95. The number of benzene rings is 1. The van der Waals surface area contributed by atoms with Crippen LogP contribution in [0, 0.1) is 5.92 Å². The van der Waals surface area contributed by atoms with E-state index in [1.54, 1.807) is 7.11 Å². The van der Waals surface area contributed by atoms with Crippen LogP contribution in [0.15, 0.2) is 18.2 Å². The smallest absolute Gasteiger partial charge is 0.161 e. The first-order chi connectivity index (χ1) is 11.1. The molecular weight excluding hydrogens is 290 g/mol. The first-order valence-electron chi connectivity index (χ1n) is 8.89. The second kappa shape index (κ2) is 7.10. The molecule has 1 aliphatic heterocycles. The van der Waals surface area contributed by atoms with E-state index >= 15 is 0 Å². The van der Waals surface area contributed by atoms with Crippen LogP contribution in [-0.4, -0.2) is 42.4 Å². The average Bonchev–Trinajstić information content (AvgIpc) is 2.56. The third kappa shape index (κ3) is 3.64. The van der Waals surface area contributed by atoms with Crippen molar-refractivity contribution in [3.63, 3.8) is 0 Å². The number of nitrogens with zero attached hydrogens (tertiary/aromatic N) is 1. The number of fused-ring (bicyclic) bond motifs is 1. The summed E-state index contributed by atoms with van der Waals surface area (Å²) in [6.07, 6.45) is 5.51. The first kappa shape index (κ1) is 16.6. The van der Waals surface area contributed by atoms with Crippen molar-refractivity contribution in [2.24, 2.45) is 5.92 Å². The van der Waals surface area contributed by atoms with Gasteiger partial charge in [0, 0.05) is 25.6 Å². The van der Waals surface area contributed by atoms with E-state index in [-0.39, 0.29) is 0 Å². The minimum absolute atomic E-state index is 0.398. The molecule has 0 amide bonds. The quantitative estimate of drug-likeness (QED) is 0.905. The predicted octanol–water partition coefficient (Wildman–Crippen LogP) is 3.22. The van der Waals surface area contributed by atoms with Gasteiger partial charge in [0.15, 0.2) is 11.5 Å². The van der Waals surface area contributed by atoms with Gasteiger partial charge in [-0.3, -0.25) is 4.90 Å². The highest BCUT2D eigenvalue weighted by molar-refractivity contribution is 5.43. The molecule has 0 aromatic heterocycles. The fourth-order valence-corrected chi connectivity index (χ4v) is 4.13. The zero-order valence-electron chi connectivity index (χ0n) is 14.4. The maximum Gasteiger partial charge on any atom is 0.161 e. The van der Waals surface area contributed by atoms with Crippen molar-refractivity contribution in [2.75, 3.05) is 26.8 Å². The van der Waals surface area contributed by atoms with Crippen LogP contribution in [0.3, 0.4) is 0 Å². The van der Waals surface area contributed by atoms with Crippen molar-refractivity contribution in [1.29, 1.82) is 0 Å². The summed E-state index contributed by atoms with van der Waals surface area (Å²) in [5.41, 5.74) is 0.848. The molecule has 0 radical (unpaired) electrons. The van der Waals surface area contributed by atoms with Crippen molar-refractivity contribution < 1.29 is 14.6 Å². The summed E-state index contributed by atoms with van der Waals surface area (Å²) >= 11 is 0. The number of hydrogen-bond donors (Lipinski definition) is 1. The highest BCUT2D eigenvalue weighted by Crippen LogP contribution is 2.40. The lowest BCUT2D eigenvalue weighted by Gasteiger charge is -2.47. The summed E-state index contributed by atoms with van der Waals surface area (Å²) in [5, 5.41) is 10.8. The van der Waals surface area contributed by atoms with E-state index in [1.807, 2.05) is 13.0 Å². The van der Waals surface area contributed by atoms with E-state index in [1.165, 1.54) is 24.8 Å². The molecule has 1 saturated heterocycles. The van der Waals surface area contributed by atoms with Gasteiger partial charge in [0.1, 0.15) is 0 Å². The molecule has 0 bridgehead atoms. The molecule has 23 heavy (non-hydrogen) atoms. The molecule has 128 valence electrons. The Morgan fingerprint density at radius 3 is 2.91 bits per heavy atom. The second-order valence-corrected chi connectivity index (χ2v) is 6.95. The molecule has 1 aromatic rings. The third-order valence-corrected chi connectivity index (χ3v) is 5.45. The molecule has 1 saturated carbocycles. The largest absolute Gasteiger partial charge is 0.493 e. The molecule has 0 spiro atoms. The number of ether oxygens (including phenoxy) is 2. The first-order valence-corrected chi connectivity index (χ1v) is 8.89. The molecule has 2 aliphatic rings. The minimum atomic E-state index is -0.398. The standard InChI is InChI=1S/C19H29NO3/c1-3-23-18-12-15(7-8-17(18)22-2)13-20-11-10-19(21)9-5-4-6-16(19)14-20/h7-8,12,16,21H,3-6,9-11,13-14H2,1-2H3. The zero-order chi connectivity index (χ0) is 16.3. The number of piperidine rings is 1. The Hall–Kier alpha value is -1.26. The Balaban J connectivity index is 1.66. The number of rotatable bonds is 5. The normalized spacial score (nSPS) is 28.2. The van der Waals surface area contributed by atoms with Crippen molar-refractivity contribution in [2.45, 2.75) is 51.2 Å². The molecule has 4 nitrogen and oxygen atoms in total. The van der Waals surface area contributed by atoms with E-state index < -0.39 is 5.60 Å². The van der Waals surface area contributed by atoms with Crippen molar-refractivity contribution in [1.82, 2.24) is 4.90 Å². The Labute approximate surface area is 139 Å². The molecule has 1 heterocycles. The van der Waals surface area contributed by atoms with Gasteiger partial charge in [-0.2, -0.15) is 0 Å². The Morgan fingerprint density at radius 2 is 2.13 bits per heavy atom. The minimum Gasteiger partial charge on any atom is -0.493 e. The molecule has 2 fully saturated rings. The van der Waals surface area contributed by atoms with Crippen LogP contribution in [0.4, 0.5) is 0 Å². The van der Waals surface area contributed by atoms with Crippen LogP contribution in [-0.2, 0) is 6.54 Å². The van der Waals surface area contributed by atoms with Crippen LogP contribution >= 0.6 is 0 Å². The van der Waals surface area contributed by atoms with Gasteiger partial charge in [-0.05, 0) is 43.9 Å². The SMILES string of the molecule is CCOc1cc(CN2CCC3(O)CCCCC3C2)ccc1OC. The van der Waals surface area contributed by atoms with Crippen LogP contribution in [0.2, 0.25) is 0 Å². The molecule has 1 N–H and O–H groups in total. The van der Waals surface area contributed by atoms with Crippen molar-refractivity contribution in [3.8, 4) is 11.5 Å². The summed E-state index contributed by atoms with van der Waals surface area (Å²) in [4.78, 5) is 2.47. The zero-order valence-corrected chi connectivity index (χ0v) is 14.4. The van der Waals surface area contributed by atoms with E-state index in [9.17, 15) is 5.11 Å². The van der Waals surface area contributed by atoms with E-state index in [0.717, 1.165) is 44.0 Å². The molecule has 4 heteroatoms. The van der Waals surface area contributed by atoms with Gasteiger partial charge in [-0.1, -0.05) is 18.9 Å². The predicted molar refractivity (Wildman–Crippen MR) is 91.0 cm³/mol. The monoisotopic (exact) mass is 319 g/mol. The molecule has 1 aliphatic carbocycles. The Morgan fingerprint density at radius 1 is 1.26 bits per heavy atom. The van der Waals surface area contributed by atoms with Gasteiger partial charge in [-0.25, -0.2) is 0 Å². The van der Waals surface area contributed by atoms with Gasteiger partial charge in [0.25, 0.3) is 0 Å². The van der Waals surface area contributed by atoms with Gasteiger partial charge >= 0.3 is 0 Å². The van der Waals surface area contributed by atoms with E-state index in [0.29, 0.717) is 12.5 Å². The van der Waals surface area contributed by atoms with Crippen LogP contribution < -0.4 is 9.47 Å². The molecule has 2 unspecified atom stereocenters. The summed E-state index contributed by atoms with van der Waals surface area (Å²) in [7, 11) is 1.67. The van der Waals surface area contributed by atoms with E-state index in [2.05, 4.69) is 17.0 Å². The van der Waals surface area contributed by atoms with Gasteiger partial charge in [-0.15, -0.1) is 0 Å². The molecule has 2 atom stereocenters. The number of methoxy groups -OCH3 is 1. The molecular formula is C19H29NO3. The Kier molecular flexibility index (Phi) is 5.12. The Bertz CT molecular complexity index is 533. The number of likely N-dealkylation sites (tertiary alicyclic amines) is 1. The highest BCUT2D eigenvalue weighted by Gasteiger charge is 2.42. The maximum atomic E-state index is 10.8. The lowest BCUT2D eigenvalue weighted by Crippen LogP contribution is -2.52. The number of aliphatic hydroxyl groups is 1. The van der Waals surface area contributed by atoms with Crippen LogP contribution in [0.1, 0.15) is 44.6 Å². The summed E-state index contributed by atoms with van der Waals surface area (Å²) in [6, 6.07) is 6.19. The summed E-state index contributed by atoms with van der Waals surface area (Å²) < 4.78 is 11.0. The molecule has 1 aromatic carbocycles. The van der Waals surface area contributed by atoms with Gasteiger partial charge < -0.3 is 14.6 Å². The van der Waals surface area contributed by atoms with Crippen LogP contribution in [0.25, 0.3) is 0 Å². The number of hydrogen-bond acceptors (Lipinski definition) is 4. The van der Waals surface area contributed by atoms with Gasteiger partial charge in [0.05, 0.1) is 19.3 Å². The van der Waals surface area contributed by atoms with Crippen molar-refractivity contribution >= 4 is 0 Å². The highest BCUT2D eigenvalue weighted by atomic mass is 16.5. The lowest BCUT2D eigenvalue weighted by atomic mass is 9.71. The fraction of sp³-hybridized carbons (Fsp3) is 0.684. The lowest BCUT2D eigenvalue weighted by molar-refractivity contribution is -0.0967. The summed E-state index contributed by atoms with van der Waals surface area (Å²) in [5.74, 6) is 2.05. The van der Waals surface area contributed by atoms with E-state index in [4.69, 9.17) is 9.47 Å². The fourth-order valence-electron chi connectivity index (χ4n) is 4.13. The maximum absolute atomic E-state index is 10.8. The van der Waals surface area contributed by atoms with Gasteiger partial charge in [0.2, 0.25) is 0 Å². The van der Waals surface area contributed by atoms with Crippen LogP contribution in [0.5, 0.6) is 11.5 Å². The summed E-state index contributed by atoms with van der Waals surface area (Å²) in [6.45, 7) is 5.52. The topological polar surface area (TPSA) is 41.9 Å². The average molecular weight is 319 g/mol. The van der Waals surface area contributed by atoms with Crippen molar-refractivity contribution in [3.05, 3.63) is 23.8 Å². The molecule has 3 rings (SSSR count).